The minimum atomic E-state index is 0.743. The highest BCUT2D eigenvalue weighted by molar-refractivity contribution is 6.30. The normalized spacial score (nSPS) is 11.5. The first kappa shape index (κ1) is 14.4. The van der Waals surface area contributed by atoms with Crippen LogP contribution in [0.2, 0.25) is 5.02 Å². The highest BCUT2D eigenvalue weighted by atomic mass is 35.5. The monoisotopic (exact) mass is 306 g/mol. The van der Waals surface area contributed by atoms with Gasteiger partial charge in [0, 0.05) is 10.6 Å². The number of hydrogen-bond acceptors (Lipinski definition) is 1. The molecule has 3 aromatic rings. The predicted octanol–water partition coefficient (Wildman–Crippen LogP) is 6.27. The standard InChI is InChI=1S/C20H15ClO/c21-19-11-7-17(8-12-19)6-10-18-14-15-22-20(18)13-9-16-4-2-1-3-5-16/h1-15H/b10-6+,13-9+. The van der Waals surface area contributed by atoms with Crippen molar-refractivity contribution in [3.63, 3.8) is 0 Å². The lowest BCUT2D eigenvalue weighted by atomic mass is 10.1. The SMILES string of the molecule is Clc1ccc(/C=C/c2ccoc2/C=C/c2ccccc2)cc1. The van der Waals surface area contributed by atoms with Gasteiger partial charge in [0.1, 0.15) is 5.76 Å². The second kappa shape index (κ2) is 6.97. The Kier molecular flexibility index (Phi) is 4.57. The van der Waals surface area contributed by atoms with Crippen LogP contribution in [0.25, 0.3) is 24.3 Å². The summed E-state index contributed by atoms with van der Waals surface area (Å²) in [5.74, 6) is 0.842. The molecule has 0 radical (unpaired) electrons. The fourth-order valence-corrected chi connectivity index (χ4v) is 2.23. The first-order chi connectivity index (χ1) is 10.8. The third-order valence-corrected chi connectivity index (χ3v) is 3.53. The van der Waals surface area contributed by atoms with Crippen LogP contribution in [0.1, 0.15) is 22.5 Å². The molecule has 0 fully saturated rings. The average molecular weight is 307 g/mol. The van der Waals surface area contributed by atoms with Crippen LogP contribution in [-0.2, 0) is 0 Å². The Hall–Kier alpha value is -2.51. The van der Waals surface area contributed by atoms with E-state index in [1.54, 1.807) is 6.26 Å². The number of halogens is 1. The lowest BCUT2D eigenvalue weighted by Gasteiger charge is -1.95. The van der Waals surface area contributed by atoms with Gasteiger partial charge < -0.3 is 4.42 Å². The Labute approximate surface area is 135 Å². The van der Waals surface area contributed by atoms with Gasteiger partial charge in [-0.2, -0.15) is 0 Å². The molecule has 0 unspecified atom stereocenters. The topological polar surface area (TPSA) is 13.1 Å². The fourth-order valence-electron chi connectivity index (χ4n) is 2.10. The number of benzene rings is 2. The van der Waals surface area contributed by atoms with Crippen LogP contribution >= 0.6 is 11.6 Å². The van der Waals surface area contributed by atoms with Gasteiger partial charge in [0.25, 0.3) is 0 Å². The van der Waals surface area contributed by atoms with Gasteiger partial charge >= 0.3 is 0 Å². The van der Waals surface area contributed by atoms with Crippen LogP contribution in [0.15, 0.2) is 71.3 Å². The summed E-state index contributed by atoms with van der Waals surface area (Å²) in [5.41, 5.74) is 3.29. The van der Waals surface area contributed by atoms with Crippen molar-refractivity contribution < 1.29 is 4.42 Å². The molecule has 0 N–H and O–H groups in total. The second-order valence-electron chi connectivity index (χ2n) is 4.87. The molecule has 0 aliphatic rings. The van der Waals surface area contributed by atoms with Gasteiger partial charge in [0.2, 0.25) is 0 Å². The molecule has 108 valence electrons. The number of hydrogen-bond donors (Lipinski definition) is 0. The summed E-state index contributed by atoms with van der Waals surface area (Å²) in [6.45, 7) is 0. The molecule has 0 saturated carbocycles. The number of rotatable bonds is 4. The van der Waals surface area contributed by atoms with Gasteiger partial charge in [-0.1, -0.05) is 72.3 Å². The minimum absolute atomic E-state index is 0.743. The van der Waals surface area contributed by atoms with E-state index in [0.29, 0.717) is 0 Å². The maximum atomic E-state index is 5.89. The Morgan fingerprint density at radius 1 is 0.682 bits per heavy atom. The maximum Gasteiger partial charge on any atom is 0.133 e. The molecule has 3 rings (SSSR count). The Morgan fingerprint density at radius 2 is 1.36 bits per heavy atom. The second-order valence-corrected chi connectivity index (χ2v) is 5.31. The molecule has 2 heteroatoms. The molecule has 0 aliphatic carbocycles. The third-order valence-electron chi connectivity index (χ3n) is 3.28. The van der Waals surface area contributed by atoms with Crippen molar-refractivity contribution in [1.82, 2.24) is 0 Å². The quantitative estimate of drug-likeness (QED) is 0.553. The average Bonchev–Trinajstić information content (AvgIpc) is 3.01. The highest BCUT2D eigenvalue weighted by Gasteiger charge is 1.99. The third kappa shape index (κ3) is 3.78. The van der Waals surface area contributed by atoms with Gasteiger partial charge in [0.05, 0.1) is 6.26 Å². The lowest BCUT2D eigenvalue weighted by Crippen LogP contribution is -1.74. The molecule has 1 nitrogen and oxygen atoms in total. The van der Waals surface area contributed by atoms with Gasteiger partial charge in [-0.3, -0.25) is 0 Å². The van der Waals surface area contributed by atoms with Crippen LogP contribution in [0, 0.1) is 0 Å². The number of furan rings is 1. The van der Waals surface area contributed by atoms with E-state index in [2.05, 4.69) is 12.1 Å². The van der Waals surface area contributed by atoms with Crippen molar-refractivity contribution in [1.29, 1.82) is 0 Å². The molecule has 0 bridgehead atoms. The smallest absolute Gasteiger partial charge is 0.133 e. The van der Waals surface area contributed by atoms with Crippen molar-refractivity contribution >= 4 is 35.9 Å². The van der Waals surface area contributed by atoms with Gasteiger partial charge in [0.15, 0.2) is 0 Å². The van der Waals surface area contributed by atoms with E-state index in [9.17, 15) is 0 Å². The van der Waals surface area contributed by atoms with E-state index in [1.165, 1.54) is 0 Å². The van der Waals surface area contributed by atoms with Crippen molar-refractivity contribution in [2.75, 3.05) is 0 Å². The predicted molar refractivity (Wildman–Crippen MR) is 94.5 cm³/mol. The molecule has 1 aromatic heterocycles. The van der Waals surface area contributed by atoms with Crippen molar-refractivity contribution in [2.45, 2.75) is 0 Å². The summed E-state index contributed by atoms with van der Waals surface area (Å²) >= 11 is 5.89. The molecule has 0 aliphatic heterocycles. The first-order valence-electron chi connectivity index (χ1n) is 7.05. The Morgan fingerprint density at radius 3 is 2.14 bits per heavy atom. The highest BCUT2D eigenvalue weighted by Crippen LogP contribution is 2.18. The van der Waals surface area contributed by atoms with E-state index in [4.69, 9.17) is 16.0 Å². The summed E-state index contributed by atoms with van der Waals surface area (Å²) in [4.78, 5) is 0. The largest absolute Gasteiger partial charge is 0.464 e. The molecule has 2 aromatic carbocycles. The molecule has 0 atom stereocenters. The summed E-state index contributed by atoms with van der Waals surface area (Å²) in [6.07, 6.45) is 9.81. The van der Waals surface area contributed by atoms with Gasteiger partial charge in [-0.15, -0.1) is 0 Å². The van der Waals surface area contributed by atoms with Crippen LogP contribution in [-0.4, -0.2) is 0 Å². The van der Waals surface area contributed by atoms with Crippen LogP contribution in [0.5, 0.6) is 0 Å². The van der Waals surface area contributed by atoms with Gasteiger partial charge in [-0.05, 0) is 35.4 Å². The van der Waals surface area contributed by atoms with E-state index in [1.807, 2.05) is 72.8 Å². The van der Waals surface area contributed by atoms with Gasteiger partial charge in [-0.25, -0.2) is 0 Å². The zero-order valence-corrected chi connectivity index (χ0v) is 12.7. The molecule has 0 spiro atoms. The first-order valence-corrected chi connectivity index (χ1v) is 7.43. The molecular formula is C20H15ClO. The molecule has 22 heavy (non-hydrogen) atoms. The fraction of sp³-hybridized carbons (Fsp3) is 0. The molecular weight excluding hydrogens is 292 g/mol. The van der Waals surface area contributed by atoms with Crippen molar-refractivity contribution in [3.8, 4) is 0 Å². The Bertz CT molecular complexity index is 780. The van der Waals surface area contributed by atoms with Crippen LogP contribution in [0.4, 0.5) is 0 Å². The Balaban J connectivity index is 1.77. The van der Waals surface area contributed by atoms with E-state index < -0.39 is 0 Å². The maximum absolute atomic E-state index is 5.89. The van der Waals surface area contributed by atoms with Crippen molar-refractivity contribution in [2.24, 2.45) is 0 Å². The van der Waals surface area contributed by atoms with E-state index in [-0.39, 0.29) is 0 Å². The zero-order chi connectivity index (χ0) is 15.2. The summed E-state index contributed by atoms with van der Waals surface area (Å²) in [5, 5.41) is 0.743. The molecule has 1 heterocycles. The van der Waals surface area contributed by atoms with Crippen molar-refractivity contribution in [3.05, 3.63) is 94.4 Å². The van der Waals surface area contributed by atoms with Crippen LogP contribution < -0.4 is 0 Å². The summed E-state index contributed by atoms with van der Waals surface area (Å²) in [6, 6.07) is 19.8. The van der Waals surface area contributed by atoms with Crippen LogP contribution in [0.3, 0.4) is 0 Å². The molecule has 0 amide bonds. The van der Waals surface area contributed by atoms with E-state index in [0.717, 1.165) is 27.5 Å². The summed E-state index contributed by atoms with van der Waals surface area (Å²) in [7, 11) is 0. The molecule has 0 saturated heterocycles. The lowest BCUT2D eigenvalue weighted by molar-refractivity contribution is 0.557. The zero-order valence-electron chi connectivity index (χ0n) is 11.9. The van der Waals surface area contributed by atoms with E-state index >= 15 is 0 Å². The summed E-state index contributed by atoms with van der Waals surface area (Å²) < 4.78 is 5.53. The minimum Gasteiger partial charge on any atom is -0.464 e.